The summed E-state index contributed by atoms with van der Waals surface area (Å²) < 4.78 is 0. The summed E-state index contributed by atoms with van der Waals surface area (Å²) in [6.07, 6.45) is 2.58. The van der Waals surface area contributed by atoms with E-state index in [0.717, 1.165) is 39.1 Å². The lowest BCUT2D eigenvalue weighted by molar-refractivity contribution is 0.0698. The summed E-state index contributed by atoms with van der Waals surface area (Å²) in [5.74, 6) is -0.312. The third kappa shape index (κ3) is 3.14. The Labute approximate surface area is 112 Å². The number of carboxylic acid groups (broad SMARTS) is 1. The average molecular weight is 264 g/mol. The van der Waals surface area contributed by atoms with Crippen molar-refractivity contribution >= 4 is 17.5 Å². The quantitative estimate of drug-likeness (QED) is 0.840. The van der Waals surface area contributed by atoms with E-state index in [1.54, 1.807) is 6.07 Å². The highest BCUT2D eigenvalue weighted by Gasteiger charge is 2.19. The van der Waals surface area contributed by atoms with E-state index in [-0.39, 0.29) is 11.3 Å². The van der Waals surface area contributed by atoms with Crippen LogP contribution in [0.25, 0.3) is 0 Å². The minimum absolute atomic E-state index is 0.126. The van der Waals surface area contributed by atoms with Gasteiger partial charge in [0, 0.05) is 26.2 Å². The zero-order chi connectivity index (χ0) is 13.8. The maximum Gasteiger partial charge on any atom is 0.337 e. The Morgan fingerprint density at radius 3 is 2.68 bits per heavy atom. The number of piperazine rings is 1. The van der Waals surface area contributed by atoms with Gasteiger partial charge in [0.1, 0.15) is 5.82 Å². The zero-order valence-corrected chi connectivity index (χ0v) is 11.2. The normalized spacial score (nSPS) is 16.6. The number of pyridine rings is 1. The molecule has 0 radical (unpaired) electrons. The van der Waals surface area contributed by atoms with Crippen molar-refractivity contribution in [3.05, 3.63) is 17.8 Å². The zero-order valence-electron chi connectivity index (χ0n) is 11.2. The molecule has 2 rings (SSSR count). The summed E-state index contributed by atoms with van der Waals surface area (Å²) in [5, 5.41) is 9.07. The van der Waals surface area contributed by atoms with Crippen LogP contribution in [0, 0.1) is 0 Å². The van der Waals surface area contributed by atoms with Crippen LogP contribution in [0.15, 0.2) is 12.3 Å². The third-order valence-corrected chi connectivity index (χ3v) is 3.39. The molecule has 0 bridgehead atoms. The van der Waals surface area contributed by atoms with E-state index in [0.29, 0.717) is 5.82 Å². The predicted octanol–water partition coefficient (Wildman–Crippen LogP) is 0.894. The summed E-state index contributed by atoms with van der Waals surface area (Å²) in [4.78, 5) is 19.8. The number of hydrogen-bond acceptors (Lipinski definition) is 5. The van der Waals surface area contributed by atoms with E-state index >= 15 is 0 Å². The minimum Gasteiger partial charge on any atom is -0.478 e. The van der Waals surface area contributed by atoms with E-state index in [4.69, 9.17) is 10.8 Å². The van der Waals surface area contributed by atoms with Gasteiger partial charge in [-0.3, -0.25) is 4.90 Å². The van der Waals surface area contributed by atoms with E-state index in [2.05, 4.69) is 21.7 Å². The molecule has 104 valence electrons. The predicted molar refractivity (Wildman–Crippen MR) is 74.6 cm³/mol. The molecular formula is C13H20N4O2. The first kappa shape index (κ1) is 13.6. The highest BCUT2D eigenvalue weighted by Crippen LogP contribution is 2.19. The number of carbonyl (C=O) groups is 1. The van der Waals surface area contributed by atoms with Crippen LogP contribution in [0.2, 0.25) is 0 Å². The second-order valence-electron chi connectivity index (χ2n) is 4.76. The van der Waals surface area contributed by atoms with Gasteiger partial charge in [-0.2, -0.15) is 0 Å². The molecule has 1 aliphatic heterocycles. The molecule has 0 unspecified atom stereocenters. The van der Waals surface area contributed by atoms with Crippen molar-refractivity contribution in [3.8, 4) is 0 Å². The van der Waals surface area contributed by atoms with Crippen LogP contribution in [0.1, 0.15) is 23.7 Å². The highest BCUT2D eigenvalue weighted by atomic mass is 16.4. The molecule has 0 atom stereocenters. The van der Waals surface area contributed by atoms with E-state index in [1.165, 1.54) is 6.20 Å². The van der Waals surface area contributed by atoms with Crippen molar-refractivity contribution in [2.75, 3.05) is 43.4 Å². The first-order valence-corrected chi connectivity index (χ1v) is 6.58. The van der Waals surface area contributed by atoms with E-state index in [9.17, 15) is 4.79 Å². The largest absolute Gasteiger partial charge is 0.478 e. The number of aromatic nitrogens is 1. The number of carboxylic acids is 1. The highest BCUT2D eigenvalue weighted by molar-refractivity contribution is 5.94. The molecule has 1 aliphatic rings. The van der Waals surface area contributed by atoms with Crippen LogP contribution >= 0.6 is 0 Å². The lowest BCUT2D eigenvalue weighted by atomic mass is 10.2. The molecule has 1 saturated heterocycles. The maximum absolute atomic E-state index is 11.1. The molecule has 19 heavy (non-hydrogen) atoms. The number of anilines is 2. The van der Waals surface area contributed by atoms with Gasteiger partial charge in [0.25, 0.3) is 0 Å². The second kappa shape index (κ2) is 5.88. The minimum atomic E-state index is -1.01. The Kier molecular flexibility index (Phi) is 4.21. The SMILES string of the molecule is CCCN1CCN(c2cc(C(=O)O)c(N)cn2)CC1. The van der Waals surface area contributed by atoms with Crippen LogP contribution in [0.4, 0.5) is 11.5 Å². The topological polar surface area (TPSA) is 82.7 Å². The van der Waals surface area contributed by atoms with Crippen molar-refractivity contribution in [2.45, 2.75) is 13.3 Å². The molecule has 0 aromatic carbocycles. The lowest BCUT2D eigenvalue weighted by Gasteiger charge is -2.35. The van der Waals surface area contributed by atoms with Gasteiger partial charge >= 0.3 is 5.97 Å². The fourth-order valence-corrected chi connectivity index (χ4v) is 2.33. The fraction of sp³-hybridized carbons (Fsp3) is 0.538. The van der Waals surface area contributed by atoms with Gasteiger partial charge in [-0.25, -0.2) is 9.78 Å². The number of nitrogen functional groups attached to an aromatic ring is 1. The molecule has 0 amide bonds. The Morgan fingerprint density at radius 2 is 2.11 bits per heavy atom. The molecule has 2 heterocycles. The fourth-order valence-electron chi connectivity index (χ4n) is 2.33. The van der Waals surface area contributed by atoms with Crippen LogP contribution in [-0.2, 0) is 0 Å². The molecular weight excluding hydrogens is 244 g/mol. The third-order valence-electron chi connectivity index (χ3n) is 3.39. The van der Waals surface area contributed by atoms with Crippen LogP contribution in [0.5, 0.6) is 0 Å². The number of rotatable bonds is 4. The second-order valence-corrected chi connectivity index (χ2v) is 4.76. The molecule has 3 N–H and O–H groups in total. The van der Waals surface area contributed by atoms with Gasteiger partial charge in [-0.05, 0) is 19.0 Å². The van der Waals surface area contributed by atoms with Gasteiger partial charge in [-0.1, -0.05) is 6.92 Å². The summed E-state index contributed by atoms with van der Waals surface area (Å²) in [7, 11) is 0. The molecule has 0 saturated carbocycles. The van der Waals surface area contributed by atoms with Crippen molar-refractivity contribution in [1.29, 1.82) is 0 Å². The Balaban J connectivity index is 2.07. The summed E-state index contributed by atoms with van der Waals surface area (Å²) in [6, 6.07) is 1.56. The average Bonchev–Trinajstić information content (AvgIpc) is 2.40. The number of nitrogens with zero attached hydrogens (tertiary/aromatic N) is 3. The van der Waals surface area contributed by atoms with Gasteiger partial charge in [-0.15, -0.1) is 0 Å². The first-order valence-electron chi connectivity index (χ1n) is 6.58. The maximum atomic E-state index is 11.1. The first-order chi connectivity index (χ1) is 9.11. The van der Waals surface area contributed by atoms with Crippen LogP contribution < -0.4 is 10.6 Å². The van der Waals surface area contributed by atoms with Gasteiger partial charge in [0.15, 0.2) is 0 Å². The van der Waals surface area contributed by atoms with Crippen LogP contribution in [0.3, 0.4) is 0 Å². The number of nitrogens with two attached hydrogens (primary N) is 1. The van der Waals surface area contributed by atoms with Crippen molar-refractivity contribution in [1.82, 2.24) is 9.88 Å². The molecule has 1 aromatic rings. The van der Waals surface area contributed by atoms with Crippen molar-refractivity contribution in [3.63, 3.8) is 0 Å². The summed E-state index contributed by atoms with van der Waals surface area (Å²) in [5.41, 5.74) is 5.95. The monoisotopic (exact) mass is 264 g/mol. The Hall–Kier alpha value is -1.82. The summed E-state index contributed by atoms with van der Waals surface area (Å²) >= 11 is 0. The Bertz CT molecular complexity index is 456. The van der Waals surface area contributed by atoms with Gasteiger partial charge in [0.2, 0.25) is 0 Å². The van der Waals surface area contributed by atoms with Crippen molar-refractivity contribution < 1.29 is 9.90 Å². The smallest absolute Gasteiger partial charge is 0.337 e. The standard InChI is InChI=1S/C13H20N4O2/c1-2-3-16-4-6-17(7-5-16)12-8-10(13(18)19)11(14)9-15-12/h8-9H,2-7,14H2,1H3,(H,18,19). The molecule has 6 heteroatoms. The molecule has 6 nitrogen and oxygen atoms in total. The van der Waals surface area contributed by atoms with Crippen molar-refractivity contribution in [2.24, 2.45) is 0 Å². The summed E-state index contributed by atoms with van der Waals surface area (Å²) in [6.45, 7) is 7.01. The Morgan fingerprint density at radius 1 is 1.42 bits per heavy atom. The number of hydrogen-bond donors (Lipinski definition) is 2. The van der Waals surface area contributed by atoms with E-state index < -0.39 is 5.97 Å². The van der Waals surface area contributed by atoms with E-state index in [1.807, 2.05) is 0 Å². The van der Waals surface area contributed by atoms with Gasteiger partial charge in [0.05, 0.1) is 17.4 Å². The molecule has 0 aliphatic carbocycles. The molecule has 1 aromatic heterocycles. The molecule has 0 spiro atoms. The molecule has 1 fully saturated rings. The number of aromatic carboxylic acids is 1. The van der Waals surface area contributed by atoms with Crippen LogP contribution in [-0.4, -0.2) is 53.7 Å². The lowest BCUT2D eigenvalue weighted by Crippen LogP contribution is -2.46. The van der Waals surface area contributed by atoms with Gasteiger partial charge < -0.3 is 15.7 Å².